The second kappa shape index (κ2) is 17.4. The van der Waals surface area contributed by atoms with Gasteiger partial charge in [-0.3, -0.25) is 9.59 Å². The SMILES string of the molecule is CCCCCCCCCCCCCCCCCCC(=O)Oc1ccc(-c2cc(=O)c3c(O)cc(O)cc3o2)cc1. The average Bonchev–Trinajstić information content (AvgIpc) is 2.92. The van der Waals surface area contributed by atoms with E-state index in [2.05, 4.69) is 6.92 Å². The van der Waals surface area contributed by atoms with Gasteiger partial charge in [-0.25, -0.2) is 0 Å². The number of carbonyl (C=O) groups is 1. The summed E-state index contributed by atoms with van der Waals surface area (Å²) in [6.07, 6.45) is 21.1. The first-order valence-electron chi connectivity index (χ1n) is 15.3. The maximum absolute atomic E-state index is 12.4. The van der Waals surface area contributed by atoms with Gasteiger partial charge < -0.3 is 19.4 Å². The summed E-state index contributed by atoms with van der Waals surface area (Å²) in [7, 11) is 0. The van der Waals surface area contributed by atoms with Crippen LogP contribution < -0.4 is 10.2 Å². The summed E-state index contributed by atoms with van der Waals surface area (Å²) in [6, 6.07) is 10.4. The fraction of sp³-hybridized carbons (Fsp3) is 0.529. The molecule has 6 nitrogen and oxygen atoms in total. The Bertz CT molecular complexity index is 1230. The molecule has 0 atom stereocenters. The van der Waals surface area contributed by atoms with Crippen LogP contribution in [0.2, 0.25) is 0 Å². The van der Waals surface area contributed by atoms with Gasteiger partial charge in [0.1, 0.15) is 34.0 Å². The Hall–Kier alpha value is -3.28. The Kier molecular flexibility index (Phi) is 13.6. The molecule has 0 saturated heterocycles. The van der Waals surface area contributed by atoms with Gasteiger partial charge in [-0.05, 0) is 30.7 Å². The van der Waals surface area contributed by atoms with Crippen molar-refractivity contribution in [2.75, 3.05) is 0 Å². The van der Waals surface area contributed by atoms with Crippen molar-refractivity contribution in [2.24, 2.45) is 0 Å². The van der Waals surface area contributed by atoms with Gasteiger partial charge in [-0.2, -0.15) is 0 Å². The molecule has 1 heterocycles. The lowest BCUT2D eigenvalue weighted by Crippen LogP contribution is -2.07. The minimum Gasteiger partial charge on any atom is -0.508 e. The molecule has 0 bridgehead atoms. The molecular weight excluding hydrogens is 504 g/mol. The zero-order chi connectivity index (χ0) is 28.6. The van der Waals surface area contributed by atoms with Crippen molar-refractivity contribution in [3.63, 3.8) is 0 Å². The Morgan fingerprint density at radius 2 is 1.25 bits per heavy atom. The Balaban J connectivity index is 1.26. The lowest BCUT2D eigenvalue weighted by Gasteiger charge is -2.07. The second-order valence-corrected chi connectivity index (χ2v) is 10.9. The third-order valence-corrected chi connectivity index (χ3v) is 7.40. The highest BCUT2D eigenvalue weighted by atomic mass is 16.5. The first kappa shape index (κ1) is 31.3. The van der Waals surface area contributed by atoms with Gasteiger partial charge in [0.25, 0.3) is 0 Å². The molecule has 2 aromatic carbocycles. The van der Waals surface area contributed by atoms with Crippen molar-refractivity contribution in [2.45, 2.75) is 116 Å². The van der Waals surface area contributed by atoms with Crippen LogP contribution in [-0.2, 0) is 4.79 Å². The fourth-order valence-electron chi connectivity index (χ4n) is 5.08. The van der Waals surface area contributed by atoms with E-state index in [0.717, 1.165) is 25.3 Å². The number of hydrogen-bond acceptors (Lipinski definition) is 6. The van der Waals surface area contributed by atoms with E-state index in [4.69, 9.17) is 9.15 Å². The predicted molar refractivity (Wildman–Crippen MR) is 161 cm³/mol. The van der Waals surface area contributed by atoms with Crippen LogP contribution >= 0.6 is 0 Å². The zero-order valence-electron chi connectivity index (χ0n) is 24.1. The lowest BCUT2D eigenvalue weighted by molar-refractivity contribution is -0.134. The first-order valence-corrected chi connectivity index (χ1v) is 15.3. The van der Waals surface area contributed by atoms with Gasteiger partial charge in [0.2, 0.25) is 0 Å². The molecule has 0 aliphatic carbocycles. The molecule has 6 heteroatoms. The topological polar surface area (TPSA) is 97.0 Å². The number of phenols is 2. The Morgan fingerprint density at radius 3 is 1.80 bits per heavy atom. The number of benzene rings is 2. The van der Waals surface area contributed by atoms with Crippen molar-refractivity contribution in [1.82, 2.24) is 0 Å². The van der Waals surface area contributed by atoms with Crippen molar-refractivity contribution in [3.05, 3.63) is 52.7 Å². The highest BCUT2D eigenvalue weighted by Gasteiger charge is 2.13. The van der Waals surface area contributed by atoms with Crippen LogP contribution in [0, 0.1) is 0 Å². The molecule has 0 spiro atoms. The summed E-state index contributed by atoms with van der Waals surface area (Å²) in [5.41, 5.74) is 0.289. The molecule has 3 rings (SSSR count). The molecule has 0 unspecified atom stereocenters. The van der Waals surface area contributed by atoms with Crippen LogP contribution in [-0.4, -0.2) is 16.2 Å². The van der Waals surface area contributed by atoms with E-state index in [0.29, 0.717) is 17.7 Å². The molecular formula is C34H46O6. The number of hydrogen-bond donors (Lipinski definition) is 2. The van der Waals surface area contributed by atoms with Crippen LogP contribution in [0.1, 0.15) is 116 Å². The van der Waals surface area contributed by atoms with Crippen LogP contribution in [0.15, 0.2) is 51.7 Å². The number of ether oxygens (including phenoxy) is 1. The minimum atomic E-state index is -0.414. The van der Waals surface area contributed by atoms with Crippen molar-refractivity contribution in [3.8, 4) is 28.6 Å². The van der Waals surface area contributed by atoms with Crippen LogP contribution in [0.5, 0.6) is 17.2 Å². The average molecular weight is 551 g/mol. The van der Waals surface area contributed by atoms with Gasteiger partial charge in [0, 0.05) is 30.2 Å². The predicted octanol–water partition coefficient (Wildman–Crippen LogP) is 9.43. The Morgan fingerprint density at radius 1 is 0.725 bits per heavy atom. The molecule has 3 aromatic rings. The van der Waals surface area contributed by atoms with Crippen LogP contribution in [0.4, 0.5) is 0 Å². The molecule has 0 radical (unpaired) electrons. The van der Waals surface area contributed by atoms with Crippen molar-refractivity contribution in [1.29, 1.82) is 0 Å². The summed E-state index contributed by atoms with van der Waals surface area (Å²) >= 11 is 0. The molecule has 1 aromatic heterocycles. The number of aromatic hydroxyl groups is 2. The van der Waals surface area contributed by atoms with E-state index < -0.39 is 5.43 Å². The third-order valence-electron chi connectivity index (χ3n) is 7.40. The smallest absolute Gasteiger partial charge is 0.311 e. The molecule has 0 amide bonds. The van der Waals surface area contributed by atoms with Crippen molar-refractivity contribution >= 4 is 16.9 Å². The summed E-state index contributed by atoms with van der Waals surface area (Å²) in [4.78, 5) is 24.7. The molecule has 0 aliphatic heterocycles. The maximum atomic E-state index is 12.4. The normalized spacial score (nSPS) is 11.2. The van der Waals surface area contributed by atoms with Gasteiger partial charge >= 0.3 is 5.97 Å². The summed E-state index contributed by atoms with van der Waals surface area (Å²) < 4.78 is 11.2. The van der Waals surface area contributed by atoms with E-state index in [1.165, 1.54) is 95.6 Å². The van der Waals surface area contributed by atoms with Gasteiger partial charge in [0.05, 0.1) is 0 Å². The van der Waals surface area contributed by atoms with E-state index in [1.54, 1.807) is 24.3 Å². The number of phenolic OH excluding ortho intramolecular Hbond substituents is 2. The first-order chi connectivity index (χ1) is 19.5. The number of rotatable bonds is 19. The number of carbonyl (C=O) groups excluding carboxylic acids is 1. The summed E-state index contributed by atoms with van der Waals surface area (Å²) in [6.45, 7) is 2.27. The molecule has 0 saturated carbocycles. The summed E-state index contributed by atoms with van der Waals surface area (Å²) in [5.74, 6) is -0.0580. The maximum Gasteiger partial charge on any atom is 0.311 e. The molecule has 0 aliphatic rings. The highest BCUT2D eigenvalue weighted by molar-refractivity contribution is 5.86. The number of unbranched alkanes of at least 4 members (excludes halogenated alkanes) is 15. The van der Waals surface area contributed by atoms with Crippen LogP contribution in [0.25, 0.3) is 22.3 Å². The zero-order valence-corrected chi connectivity index (χ0v) is 24.1. The molecule has 0 fully saturated rings. The van der Waals surface area contributed by atoms with Gasteiger partial charge in [0.15, 0.2) is 5.43 Å². The lowest BCUT2D eigenvalue weighted by atomic mass is 10.0. The van der Waals surface area contributed by atoms with Gasteiger partial charge in [-0.1, -0.05) is 103 Å². The third kappa shape index (κ3) is 10.7. The fourth-order valence-corrected chi connectivity index (χ4v) is 5.08. The van der Waals surface area contributed by atoms with E-state index in [1.807, 2.05) is 0 Å². The molecule has 218 valence electrons. The second-order valence-electron chi connectivity index (χ2n) is 10.9. The largest absolute Gasteiger partial charge is 0.508 e. The minimum absolute atomic E-state index is 0.0150. The number of esters is 1. The van der Waals surface area contributed by atoms with E-state index in [-0.39, 0.29) is 34.2 Å². The van der Waals surface area contributed by atoms with E-state index >= 15 is 0 Å². The standard InChI is InChI=1S/C34H46O6/c1-2-3-4-5-6-7-8-9-10-11-12-13-14-15-16-17-18-33(38)39-28-21-19-26(20-22-28)31-25-30(37)34-29(36)23-27(35)24-32(34)40-31/h19-25,35-36H,2-18H2,1H3. The molecule has 40 heavy (non-hydrogen) atoms. The highest BCUT2D eigenvalue weighted by Crippen LogP contribution is 2.31. The van der Waals surface area contributed by atoms with E-state index in [9.17, 15) is 19.8 Å². The monoisotopic (exact) mass is 550 g/mol. The quantitative estimate of drug-likeness (QED) is 0.0876. The van der Waals surface area contributed by atoms with Crippen LogP contribution in [0.3, 0.4) is 0 Å². The van der Waals surface area contributed by atoms with Crippen molar-refractivity contribution < 1.29 is 24.2 Å². The Labute approximate surface area is 238 Å². The number of fused-ring (bicyclic) bond motifs is 1. The van der Waals surface area contributed by atoms with Gasteiger partial charge in [-0.15, -0.1) is 0 Å². The molecule has 2 N–H and O–H groups in total. The summed E-state index contributed by atoms with van der Waals surface area (Å²) in [5, 5.41) is 19.7.